The number of aliphatic hydroxyl groups is 1. The Kier molecular flexibility index (Phi) is 6.84. The van der Waals surface area contributed by atoms with Crippen LogP contribution in [0.1, 0.15) is 66.1 Å². The molecule has 4 aliphatic rings. The molecule has 0 radical (unpaired) electrons. The van der Waals surface area contributed by atoms with E-state index in [-0.39, 0.29) is 0 Å². The largest absolute Gasteiger partial charge is 0.472 e. The number of ketones is 1. The van der Waals surface area contributed by atoms with Crippen molar-refractivity contribution in [3.05, 3.63) is 47.5 Å². The van der Waals surface area contributed by atoms with Crippen molar-refractivity contribution in [1.29, 1.82) is 0 Å². The minimum absolute atomic E-state index is 0.405. The third kappa shape index (κ3) is 4.00. The fraction of sp³-hybridized carbons (Fsp3) is 0.581. The summed E-state index contributed by atoms with van der Waals surface area (Å²) in [4.78, 5) is 65.4. The van der Waals surface area contributed by atoms with E-state index in [1.165, 1.54) is 24.7 Å². The van der Waals surface area contributed by atoms with E-state index >= 15 is 0 Å². The van der Waals surface area contributed by atoms with E-state index in [0.29, 0.717) is 29.6 Å². The molecule has 0 saturated heterocycles. The van der Waals surface area contributed by atoms with E-state index < -0.39 is 81.7 Å². The summed E-state index contributed by atoms with van der Waals surface area (Å²) in [6.45, 7) is 9.22. The van der Waals surface area contributed by atoms with Gasteiger partial charge in [-0.25, -0.2) is 9.59 Å². The number of allylic oxidation sites excluding steroid dienone is 1. The molecule has 1 aliphatic heterocycles. The van der Waals surface area contributed by atoms with Crippen molar-refractivity contribution in [3.8, 4) is 0 Å². The Balaban J connectivity index is 1.78. The van der Waals surface area contributed by atoms with Gasteiger partial charge in [-0.1, -0.05) is 27.7 Å². The summed E-state index contributed by atoms with van der Waals surface area (Å²) in [6, 6.07) is 1.72. The molecule has 11 nitrogen and oxygen atoms in total. The van der Waals surface area contributed by atoms with Gasteiger partial charge >= 0.3 is 23.9 Å². The van der Waals surface area contributed by atoms with Crippen LogP contribution in [0.4, 0.5) is 0 Å². The zero-order valence-corrected chi connectivity index (χ0v) is 24.7. The van der Waals surface area contributed by atoms with E-state index in [4.69, 9.17) is 23.4 Å². The van der Waals surface area contributed by atoms with Gasteiger partial charge in [-0.2, -0.15) is 0 Å². The number of carbonyl (C=O) groups excluding carboxylic acids is 5. The number of esters is 4. The fourth-order valence-electron chi connectivity index (χ4n) is 8.44. The molecule has 5 rings (SSSR count). The van der Waals surface area contributed by atoms with Crippen LogP contribution in [0.2, 0.25) is 0 Å². The minimum atomic E-state index is -2.32. The monoisotopic (exact) mass is 584 g/mol. The molecule has 2 fully saturated rings. The zero-order valence-electron chi connectivity index (χ0n) is 24.7. The Morgan fingerprint density at radius 2 is 1.79 bits per heavy atom. The molecule has 0 unspecified atom stereocenters. The Morgan fingerprint density at radius 3 is 2.36 bits per heavy atom. The van der Waals surface area contributed by atoms with Gasteiger partial charge in [-0.05, 0) is 42.0 Å². The smallest absolute Gasteiger partial charge is 0.347 e. The Hall–Kier alpha value is -3.73. The molecule has 1 N–H and O–H groups in total. The molecule has 2 saturated carbocycles. The molecule has 3 aliphatic carbocycles. The number of methoxy groups -OCH3 is 1. The molecule has 1 aromatic rings. The van der Waals surface area contributed by atoms with Crippen LogP contribution >= 0.6 is 0 Å². The van der Waals surface area contributed by atoms with Gasteiger partial charge in [0, 0.05) is 47.6 Å². The molecule has 11 heteroatoms. The van der Waals surface area contributed by atoms with Crippen LogP contribution in [0.15, 0.2) is 46.3 Å². The second-order valence-corrected chi connectivity index (χ2v) is 12.8. The first-order valence-corrected chi connectivity index (χ1v) is 13.9. The zero-order chi connectivity index (χ0) is 31.0. The highest BCUT2D eigenvalue weighted by molar-refractivity contribution is 6.00. The van der Waals surface area contributed by atoms with E-state index in [0.717, 1.165) is 21.0 Å². The standard InChI is InChI=1S/C31H36O11/c1-15(32)40-22(25(35)38-7)23-28(3,4)27(41-16(2)33)31(37)13-18-19(30(23,6)26(31)36)8-10-29(5)20(18)12-21(34)42-24(29)17-9-11-39-14-17/h9,11-14,19,22-24,27,37H,8,10H2,1-7H3/t19-,22+,23-,24-,27-,29+,30+,31-/m0/s1. The Labute approximate surface area is 243 Å². The van der Waals surface area contributed by atoms with Crippen molar-refractivity contribution >= 4 is 29.7 Å². The fourth-order valence-corrected chi connectivity index (χ4v) is 8.44. The molecule has 2 bridgehead atoms. The number of carbonyl (C=O) groups is 5. The highest BCUT2D eigenvalue weighted by Crippen LogP contribution is 2.68. The van der Waals surface area contributed by atoms with Gasteiger partial charge in [0.15, 0.2) is 11.4 Å². The quantitative estimate of drug-likeness (QED) is 0.401. The topological polar surface area (TPSA) is 156 Å². The molecular formula is C31H36O11. The van der Waals surface area contributed by atoms with Crippen molar-refractivity contribution < 1.29 is 52.4 Å². The van der Waals surface area contributed by atoms with Crippen LogP contribution in [-0.2, 0) is 42.9 Å². The number of hydrogen-bond acceptors (Lipinski definition) is 11. The summed E-state index contributed by atoms with van der Waals surface area (Å²) in [5, 5.41) is 12.3. The molecule has 0 amide bonds. The molecular weight excluding hydrogens is 548 g/mol. The lowest BCUT2D eigenvalue weighted by atomic mass is 9.40. The number of rotatable bonds is 5. The maximum Gasteiger partial charge on any atom is 0.347 e. The van der Waals surface area contributed by atoms with Crippen molar-refractivity contribution in [1.82, 2.24) is 0 Å². The van der Waals surface area contributed by atoms with E-state index in [9.17, 15) is 29.1 Å². The number of ether oxygens (including phenoxy) is 4. The van der Waals surface area contributed by atoms with Crippen LogP contribution in [0.3, 0.4) is 0 Å². The van der Waals surface area contributed by atoms with Crippen LogP contribution in [0, 0.1) is 28.1 Å². The normalized spacial score (nSPS) is 37.1. The summed E-state index contributed by atoms with van der Waals surface area (Å²) in [5.41, 5.74) is -4.16. The highest BCUT2D eigenvalue weighted by atomic mass is 16.6. The second kappa shape index (κ2) is 9.65. The van der Waals surface area contributed by atoms with Gasteiger partial charge in [-0.3, -0.25) is 14.4 Å². The maximum atomic E-state index is 14.6. The summed E-state index contributed by atoms with van der Waals surface area (Å²) in [7, 11) is 1.14. The van der Waals surface area contributed by atoms with Gasteiger partial charge in [-0.15, -0.1) is 0 Å². The summed E-state index contributed by atoms with van der Waals surface area (Å²) in [5.74, 6) is -5.40. The number of fused-ring (bicyclic) bond motifs is 6. The molecule has 0 spiro atoms. The van der Waals surface area contributed by atoms with Crippen molar-refractivity contribution in [2.24, 2.45) is 28.1 Å². The van der Waals surface area contributed by atoms with Gasteiger partial charge in [0.05, 0.1) is 19.6 Å². The van der Waals surface area contributed by atoms with E-state index in [1.54, 1.807) is 26.8 Å². The SMILES string of the molecule is COC(=O)[C@H](OC(C)=O)[C@H]1C(C)(C)[C@H](OC(C)=O)[C@]2(O)C=C3C4=CC(=O)O[C@@H](c5ccoc5)[C@]4(C)CC[C@@H]3[C@@]1(C)C2=O. The third-order valence-electron chi connectivity index (χ3n) is 9.96. The van der Waals surface area contributed by atoms with Crippen LogP contribution < -0.4 is 0 Å². The van der Waals surface area contributed by atoms with Gasteiger partial charge < -0.3 is 28.5 Å². The lowest BCUT2D eigenvalue weighted by molar-refractivity contribution is -0.235. The van der Waals surface area contributed by atoms with E-state index in [2.05, 4.69) is 0 Å². The predicted molar refractivity (Wildman–Crippen MR) is 143 cm³/mol. The lowest BCUT2D eigenvalue weighted by Gasteiger charge is -2.65. The minimum Gasteiger partial charge on any atom is -0.472 e. The first-order chi connectivity index (χ1) is 19.5. The number of furan rings is 1. The highest BCUT2D eigenvalue weighted by Gasteiger charge is 2.75. The van der Waals surface area contributed by atoms with Crippen molar-refractivity contribution in [3.63, 3.8) is 0 Å². The summed E-state index contributed by atoms with van der Waals surface area (Å²) >= 11 is 0. The molecule has 1 aromatic heterocycles. The van der Waals surface area contributed by atoms with Crippen molar-refractivity contribution in [2.45, 2.75) is 78.3 Å². The third-order valence-corrected chi connectivity index (χ3v) is 9.96. The van der Waals surface area contributed by atoms with Crippen LogP contribution in [-0.4, -0.2) is 59.7 Å². The average Bonchev–Trinajstić information content (AvgIpc) is 3.43. The number of cyclic esters (lactones) is 1. The lowest BCUT2D eigenvalue weighted by Crippen LogP contribution is -2.75. The van der Waals surface area contributed by atoms with E-state index in [1.807, 2.05) is 6.92 Å². The van der Waals surface area contributed by atoms with Gasteiger partial charge in [0.1, 0.15) is 12.2 Å². The summed E-state index contributed by atoms with van der Waals surface area (Å²) < 4.78 is 27.3. The molecule has 8 atom stereocenters. The molecule has 226 valence electrons. The first kappa shape index (κ1) is 29.8. The molecule has 0 aromatic carbocycles. The average molecular weight is 585 g/mol. The van der Waals surface area contributed by atoms with Crippen LogP contribution in [0.5, 0.6) is 0 Å². The Morgan fingerprint density at radius 1 is 1.10 bits per heavy atom. The predicted octanol–water partition coefficient (Wildman–Crippen LogP) is 3.16. The number of hydrogen-bond donors (Lipinski definition) is 1. The Bertz CT molecular complexity index is 1420. The maximum absolute atomic E-state index is 14.6. The molecule has 42 heavy (non-hydrogen) atoms. The number of Topliss-reactive ketones (excluding diaryl/α,β-unsaturated/α-hetero) is 1. The van der Waals surface area contributed by atoms with Gasteiger partial charge in [0.2, 0.25) is 6.10 Å². The molecule has 2 heterocycles. The van der Waals surface area contributed by atoms with Crippen molar-refractivity contribution in [2.75, 3.05) is 7.11 Å². The summed E-state index contributed by atoms with van der Waals surface area (Å²) in [6.07, 6.45) is 2.93. The van der Waals surface area contributed by atoms with Gasteiger partial charge in [0.25, 0.3) is 0 Å². The second-order valence-electron chi connectivity index (χ2n) is 12.8. The van der Waals surface area contributed by atoms with Crippen LogP contribution in [0.25, 0.3) is 0 Å². The first-order valence-electron chi connectivity index (χ1n) is 13.9.